The van der Waals surface area contributed by atoms with Gasteiger partial charge in [-0.1, -0.05) is 5.10 Å². The van der Waals surface area contributed by atoms with Crippen molar-refractivity contribution in [3.05, 3.63) is 43.1 Å². The maximum atomic E-state index is 15.0. The molecule has 5 rings (SSSR count). The zero-order valence-corrected chi connectivity index (χ0v) is 16.8. The molecule has 30 heavy (non-hydrogen) atoms. The van der Waals surface area contributed by atoms with Crippen LogP contribution in [0.5, 0.6) is 11.8 Å². The Bertz CT molecular complexity index is 1060. The van der Waals surface area contributed by atoms with Gasteiger partial charge in [0.1, 0.15) is 17.5 Å². The van der Waals surface area contributed by atoms with Crippen LogP contribution < -0.4 is 10.1 Å². The summed E-state index contributed by atoms with van der Waals surface area (Å²) in [6.45, 7) is 4.00. The Hall–Kier alpha value is -3.07. The fourth-order valence-electron chi connectivity index (χ4n) is 4.66. The topological polar surface area (TPSA) is 98.0 Å². The normalized spacial score (nSPS) is 30.4. The second kappa shape index (κ2) is 6.73. The van der Waals surface area contributed by atoms with E-state index in [0.717, 1.165) is 18.5 Å². The summed E-state index contributed by atoms with van der Waals surface area (Å²) in [5.41, 5.74) is 0.935. The number of aromatic nitrogens is 5. The van der Waals surface area contributed by atoms with Crippen molar-refractivity contribution in [3.8, 4) is 28.7 Å². The number of rotatable bonds is 4. The van der Waals surface area contributed by atoms with Crippen LogP contribution in [0.25, 0.3) is 16.9 Å². The van der Waals surface area contributed by atoms with Crippen molar-refractivity contribution in [2.75, 3.05) is 0 Å². The molecule has 0 radical (unpaired) electrons. The molecule has 2 N–H and O–H groups in total. The summed E-state index contributed by atoms with van der Waals surface area (Å²) in [6, 6.07) is 5.22. The number of imidazole rings is 1. The minimum atomic E-state index is -1.16. The molecular weight excluding hydrogens is 387 g/mol. The van der Waals surface area contributed by atoms with E-state index in [1.54, 1.807) is 35.4 Å². The molecule has 2 aliphatic heterocycles. The fraction of sp³-hybridized carbons (Fsp3) is 0.429. The van der Waals surface area contributed by atoms with E-state index < -0.39 is 17.8 Å². The zero-order valence-electron chi connectivity index (χ0n) is 16.8. The molecule has 2 aromatic heterocycles. The lowest BCUT2D eigenvalue weighted by Crippen LogP contribution is -2.63. The number of piperidine rings is 1. The number of aromatic hydroxyl groups is 1. The highest BCUT2D eigenvalue weighted by molar-refractivity contribution is 5.67. The first-order chi connectivity index (χ1) is 14.4. The van der Waals surface area contributed by atoms with Gasteiger partial charge in [-0.3, -0.25) is 0 Å². The standard InChI is InChI=1S/C21H23FN6O2/c1-20-5-6-21(2,27-20)18(22)17(10-20)30-19-24-11-15(25-26-19)14-4-3-13(9-16(14)29)28-8-7-23-12-28/h3-4,7-9,11-12,17-18,27,29H,5-6,10H2,1-2H3/t17-,18-,20-,21+/m1/s1. The molecule has 0 unspecified atom stereocenters. The molecule has 0 saturated carbocycles. The molecule has 4 atom stereocenters. The Labute approximate surface area is 173 Å². The van der Waals surface area contributed by atoms with Crippen LogP contribution in [0.1, 0.15) is 33.1 Å². The molecule has 2 bridgehead atoms. The number of fused-ring (bicyclic) bond motifs is 2. The lowest BCUT2D eigenvalue weighted by Gasteiger charge is -2.43. The number of phenolic OH excluding ortho intramolecular Hbond substituents is 1. The van der Waals surface area contributed by atoms with Crippen LogP contribution in [0.4, 0.5) is 4.39 Å². The van der Waals surface area contributed by atoms with Gasteiger partial charge in [0.25, 0.3) is 0 Å². The van der Waals surface area contributed by atoms with Crippen LogP contribution in [0.3, 0.4) is 0 Å². The van der Waals surface area contributed by atoms with Gasteiger partial charge in [0.05, 0.1) is 23.8 Å². The molecule has 4 heterocycles. The van der Waals surface area contributed by atoms with E-state index in [2.05, 4.69) is 32.4 Å². The number of nitrogens with zero attached hydrogens (tertiary/aromatic N) is 5. The van der Waals surface area contributed by atoms with Crippen LogP contribution >= 0.6 is 0 Å². The van der Waals surface area contributed by atoms with Crippen molar-refractivity contribution >= 4 is 0 Å². The molecular formula is C21H23FN6O2. The van der Waals surface area contributed by atoms with Gasteiger partial charge < -0.3 is 19.7 Å². The quantitative estimate of drug-likeness (QED) is 0.682. The summed E-state index contributed by atoms with van der Waals surface area (Å²) >= 11 is 0. The molecule has 2 fully saturated rings. The third kappa shape index (κ3) is 3.19. The summed E-state index contributed by atoms with van der Waals surface area (Å²) in [6.07, 6.45) is 7.02. The summed E-state index contributed by atoms with van der Waals surface area (Å²) in [7, 11) is 0. The Morgan fingerprint density at radius 2 is 2.13 bits per heavy atom. The predicted octanol–water partition coefficient (Wildman–Crippen LogP) is 2.82. The van der Waals surface area contributed by atoms with E-state index >= 15 is 4.39 Å². The van der Waals surface area contributed by atoms with Gasteiger partial charge in [-0.15, -0.1) is 5.10 Å². The summed E-state index contributed by atoms with van der Waals surface area (Å²) in [4.78, 5) is 8.20. The third-order valence-electron chi connectivity index (χ3n) is 6.23. The van der Waals surface area contributed by atoms with E-state index in [1.807, 2.05) is 13.0 Å². The largest absolute Gasteiger partial charge is 0.507 e. The Morgan fingerprint density at radius 3 is 2.83 bits per heavy atom. The number of nitrogens with one attached hydrogen (secondary N) is 1. The zero-order chi connectivity index (χ0) is 20.9. The lowest BCUT2D eigenvalue weighted by atomic mass is 9.85. The third-order valence-corrected chi connectivity index (χ3v) is 6.23. The number of hydrogen-bond acceptors (Lipinski definition) is 7. The van der Waals surface area contributed by atoms with E-state index in [9.17, 15) is 5.11 Å². The maximum Gasteiger partial charge on any atom is 0.336 e. The number of ether oxygens (including phenoxy) is 1. The first-order valence-electron chi connectivity index (χ1n) is 9.97. The number of halogens is 1. The summed E-state index contributed by atoms with van der Waals surface area (Å²) in [5.74, 6) is 0.0468. The van der Waals surface area contributed by atoms with Crippen LogP contribution in [0.2, 0.25) is 0 Å². The highest BCUT2D eigenvalue weighted by Crippen LogP contribution is 2.44. The van der Waals surface area contributed by atoms with Crippen molar-refractivity contribution in [1.29, 1.82) is 0 Å². The molecule has 2 saturated heterocycles. The van der Waals surface area contributed by atoms with Crippen molar-refractivity contribution < 1.29 is 14.2 Å². The SMILES string of the molecule is C[C@]12CC[C@](C)(N1)[C@H](F)[C@H](Oc1ncc(-c3ccc(-n4ccnc4)cc3O)nn1)C2. The average molecular weight is 410 g/mol. The minimum Gasteiger partial charge on any atom is -0.507 e. The summed E-state index contributed by atoms with van der Waals surface area (Å²) < 4.78 is 22.6. The molecule has 2 aliphatic rings. The Balaban J connectivity index is 1.34. The number of benzene rings is 1. The first-order valence-corrected chi connectivity index (χ1v) is 9.97. The van der Waals surface area contributed by atoms with Gasteiger partial charge >= 0.3 is 6.01 Å². The van der Waals surface area contributed by atoms with Crippen LogP contribution in [0, 0.1) is 0 Å². The first kappa shape index (κ1) is 18.9. The molecule has 3 aromatic rings. The lowest BCUT2D eigenvalue weighted by molar-refractivity contribution is -0.0119. The molecule has 0 spiro atoms. The van der Waals surface area contributed by atoms with Gasteiger partial charge in [-0.2, -0.15) is 0 Å². The smallest absolute Gasteiger partial charge is 0.336 e. The Kier molecular flexibility index (Phi) is 4.25. The van der Waals surface area contributed by atoms with Crippen molar-refractivity contribution in [2.45, 2.75) is 56.5 Å². The molecule has 0 aliphatic carbocycles. The van der Waals surface area contributed by atoms with Gasteiger partial charge in [0, 0.05) is 36.0 Å². The summed E-state index contributed by atoms with van der Waals surface area (Å²) in [5, 5.41) is 22.0. The number of phenols is 1. The minimum absolute atomic E-state index is 0.0365. The second-order valence-electron chi connectivity index (χ2n) is 8.66. The van der Waals surface area contributed by atoms with Gasteiger partial charge in [0.2, 0.25) is 0 Å². The Morgan fingerprint density at radius 1 is 1.27 bits per heavy atom. The van der Waals surface area contributed by atoms with E-state index in [-0.39, 0.29) is 17.3 Å². The van der Waals surface area contributed by atoms with Gasteiger partial charge in [-0.05, 0) is 38.8 Å². The predicted molar refractivity (Wildman–Crippen MR) is 107 cm³/mol. The molecule has 1 aromatic carbocycles. The van der Waals surface area contributed by atoms with E-state index in [4.69, 9.17) is 4.74 Å². The molecule has 8 nitrogen and oxygen atoms in total. The maximum absolute atomic E-state index is 15.0. The molecule has 156 valence electrons. The van der Waals surface area contributed by atoms with Crippen LogP contribution in [-0.2, 0) is 0 Å². The van der Waals surface area contributed by atoms with Crippen molar-refractivity contribution in [1.82, 2.24) is 30.0 Å². The molecule has 9 heteroatoms. The average Bonchev–Trinajstić information content (AvgIpc) is 3.34. The van der Waals surface area contributed by atoms with E-state index in [1.165, 1.54) is 6.20 Å². The van der Waals surface area contributed by atoms with Gasteiger partial charge in [-0.25, -0.2) is 14.4 Å². The van der Waals surface area contributed by atoms with Crippen LogP contribution in [-0.4, -0.2) is 53.2 Å². The highest BCUT2D eigenvalue weighted by atomic mass is 19.1. The fourth-order valence-corrected chi connectivity index (χ4v) is 4.66. The van der Waals surface area contributed by atoms with Gasteiger partial charge in [0.15, 0.2) is 6.17 Å². The van der Waals surface area contributed by atoms with E-state index in [0.29, 0.717) is 17.7 Å². The van der Waals surface area contributed by atoms with Crippen molar-refractivity contribution in [3.63, 3.8) is 0 Å². The monoisotopic (exact) mass is 410 g/mol. The van der Waals surface area contributed by atoms with Crippen LogP contribution in [0.15, 0.2) is 43.1 Å². The second-order valence-corrected chi connectivity index (χ2v) is 8.66. The van der Waals surface area contributed by atoms with Crippen molar-refractivity contribution in [2.24, 2.45) is 0 Å². The number of alkyl halides is 1. The molecule has 0 amide bonds. The number of hydrogen-bond donors (Lipinski definition) is 2. The highest BCUT2D eigenvalue weighted by Gasteiger charge is 2.56.